The fourth-order valence-electron chi connectivity index (χ4n) is 1.81. The summed E-state index contributed by atoms with van der Waals surface area (Å²) in [6.45, 7) is 9.38. The molecule has 1 aromatic rings. The second-order valence-electron chi connectivity index (χ2n) is 5.62. The molecule has 2 rings (SSSR count). The van der Waals surface area contributed by atoms with E-state index in [0.717, 1.165) is 28.5 Å². The first-order valence-electron chi connectivity index (χ1n) is 6.19. The summed E-state index contributed by atoms with van der Waals surface area (Å²) in [4.78, 5) is 9.13. The molecule has 18 heavy (non-hydrogen) atoms. The van der Waals surface area contributed by atoms with Crippen molar-refractivity contribution in [3.05, 3.63) is 16.5 Å². The van der Waals surface area contributed by atoms with Gasteiger partial charge in [0.1, 0.15) is 15.5 Å². The zero-order valence-electron chi connectivity index (χ0n) is 11.2. The van der Waals surface area contributed by atoms with Gasteiger partial charge in [-0.3, -0.25) is 0 Å². The highest BCUT2D eigenvalue weighted by Gasteiger charge is 2.26. The highest BCUT2D eigenvalue weighted by molar-refractivity contribution is 9.10. The first-order chi connectivity index (χ1) is 8.36. The molecule has 0 N–H and O–H groups in total. The number of thioether (sulfide) groups is 1. The van der Waals surface area contributed by atoms with Crippen LogP contribution < -0.4 is 0 Å². The Labute approximate surface area is 121 Å². The summed E-state index contributed by atoms with van der Waals surface area (Å²) in [5, 5.41) is 1.53. The predicted molar refractivity (Wildman–Crippen MR) is 78.1 cm³/mol. The number of aromatic nitrogens is 2. The molecule has 1 aromatic heterocycles. The fraction of sp³-hybridized carbons (Fsp3) is 0.692. The number of nitrogens with zero attached hydrogens (tertiary/aromatic N) is 2. The maximum atomic E-state index is 5.59. The Bertz CT molecular complexity index is 433. The van der Waals surface area contributed by atoms with Gasteiger partial charge >= 0.3 is 0 Å². The quantitative estimate of drug-likeness (QED) is 0.772. The lowest BCUT2D eigenvalue weighted by Gasteiger charge is -2.19. The third-order valence-corrected chi connectivity index (χ3v) is 4.70. The molecule has 1 fully saturated rings. The highest BCUT2D eigenvalue weighted by atomic mass is 79.9. The largest absolute Gasteiger partial charge is 0.377 e. The van der Waals surface area contributed by atoms with E-state index < -0.39 is 0 Å². The zero-order valence-corrected chi connectivity index (χ0v) is 13.6. The van der Waals surface area contributed by atoms with Crippen LogP contribution in [-0.2, 0) is 10.2 Å². The zero-order chi connectivity index (χ0) is 13.3. The Morgan fingerprint density at radius 1 is 1.39 bits per heavy atom. The van der Waals surface area contributed by atoms with Crippen LogP contribution in [-0.4, -0.2) is 27.9 Å². The van der Waals surface area contributed by atoms with Gasteiger partial charge in [0, 0.05) is 23.3 Å². The van der Waals surface area contributed by atoms with Gasteiger partial charge in [0.2, 0.25) is 0 Å². The van der Waals surface area contributed by atoms with Crippen LogP contribution in [0.5, 0.6) is 0 Å². The topological polar surface area (TPSA) is 35.0 Å². The summed E-state index contributed by atoms with van der Waals surface area (Å²) >= 11 is 5.27. The SMILES string of the molecule is CC1OCCC1Sc1cc(Br)nc(C(C)(C)C)n1. The minimum Gasteiger partial charge on any atom is -0.377 e. The van der Waals surface area contributed by atoms with Crippen LogP contribution >= 0.6 is 27.7 Å². The van der Waals surface area contributed by atoms with Gasteiger partial charge in [0.25, 0.3) is 0 Å². The summed E-state index contributed by atoms with van der Waals surface area (Å²) in [5.41, 5.74) is -0.0309. The summed E-state index contributed by atoms with van der Waals surface area (Å²) in [5.74, 6) is 0.881. The van der Waals surface area contributed by atoms with Gasteiger partial charge in [0.15, 0.2) is 0 Å². The molecule has 5 heteroatoms. The molecule has 1 aliphatic rings. The van der Waals surface area contributed by atoms with Crippen LogP contribution in [0.3, 0.4) is 0 Å². The van der Waals surface area contributed by atoms with Crippen molar-refractivity contribution in [3.8, 4) is 0 Å². The van der Waals surface area contributed by atoms with E-state index in [2.05, 4.69) is 53.6 Å². The maximum Gasteiger partial charge on any atom is 0.136 e. The average Bonchev–Trinajstić information content (AvgIpc) is 2.62. The standard InChI is InChI=1S/C13H19BrN2OS/c1-8-9(5-6-17-8)18-11-7-10(14)15-12(16-11)13(2,3)4/h7-9H,5-6H2,1-4H3. The minimum atomic E-state index is -0.0309. The van der Waals surface area contributed by atoms with Gasteiger partial charge in [0.05, 0.1) is 6.10 Å². The third kappa shape index (κ3) is 3.45. The van der Waals surface area contributed by atoms with Crippen molar-refractivity contribution in [2.24, 2.45) is 0 Å². The van der Waals surface area contributed by atoms with Crippen LogP contribution in [0, 0.1) is 0 Å². The minimum absolute atomic E-state index is 0.0309. The van der Waals surface area contributed by atoms with Crippen molar-refractivity contribution in [2.75, 3.05) is 6.61 Å². The molecule has 2 heterocycles. The fourth-order valence-corrected chi connectivity index (χ4v) is 3.46. The molecule has 1 saturated heterocycles. The van der Waals surface area contributed by atoms with Crippen LogP contribution in [0.15, 0.2) is 15.7 Å². The lowest BCUT2D eigenvalue weighted by Crippen LogP contribution is -2.18. The van der Waals surface area contributed by atoms with Crippen molar-refractivity contribution >= 4 is 27.7 Å². The second-order valence-corrected chi connectivity index (χ2v) is 7.70. The van der Waals surface area contributed by atoms with Crippen LogP contribution in [0.4, 0.5) is 0 Å². The Balaban J connectivity index is 2.20. The first-order valence-corrected chi connectivity index (χ1v) is 7.87. The van der Waals surface area contributed by atoms with Gasteiger partial charge < -0.3 is 4.74 Å². The summed E-state index contributed by atoms with van der Waals surface area (Å²) in [7, 11) is 0. The summed E-state index contributed by atoms with van der Waals surface area (Å²) in [6.07, 6.45) is 1.40. The number of hydrogen-bond donors (Lipinski definition) is 0. The van der Waals surface area contributed by atoms with Crippen molar-refractivity contribution in [2.45, 2.75) is 55.9 Å². The molecule has 2 atom stereocenters. The number of rotatable bonds is 2. The number of hydrogen-bond acceptors (Lipinski definition) is 4. The lowest BCUT2D eigenvalue weighted by molar-refractivity contribution is 0.127. The van der Waals surface area contributed by atoms with Crippen LogP contribution in [0.1, 0.15) is 39.9 Å². The van der Waals surface area contributed by atoms with E-state index in [1.54, 1.807) is 11.8 Å². The molecular formula is C13H19BrN2OS. The molecule has 0 saturated carbocycles. The van der Waals surface area contributed by atoms with E-state index in [0.29, 0.717) is 11.4 Å². The van der Waals surface area contributed by atoms with E-state index in [4.69, 9.17) is 4.74 Å². The second kappa shape index (κ2) is 5.47. The van der Waals surface area contributed by atoms with Gasteiger partial charge in [-0.1, -0.05) is 20.8 Å². The Morgan fingerprint density at radius 3 is 2.67 bits per heavy atom. The molecule has 0 bridgehead atoms. The summed E-state index contributed by atoms with van der Waals surface area (Å²) < 4.78 is 6.45. The molecule has 0 aromatic carbocycles. The Kier molecular flexibility index (Phi) is 4.34. The number of ether oxygens (including phenoxy) is 1. The molecule has 3 nitrogen and oxygen atoms in total. The first kappa shape index (κ1) is 14.3. The lowest BCUT2D eigenvalue weighted by atomic mass is 9.96. The van der Waals surface area contributed by atoms with Gasteiger partial charge in [-0.25, -0.2) is 9.97 Å². The normalized spacial score (nSPS) is 24.5. The molecule has 1 aliphatic heterocycles. The van der Waals surface area contributed by atoms with E-state index >= 15 is 0 Å². The highest BCUT2D eigenvalue weighted by Crippen LogP contribution is 2.33. The molecule has 0 aliphatic carbocycles. The van der Waals surface area contributed by atoms with E-state index in [-0.39, 0.29) is 5.41 Å². The smallest absolute Gasteiger partial charge is 0.136 e. The van der Waals surface area contributed by atoms with Crippen molar-refractivity contribution in [3.63, 3.8) is 0 Å². The van der Waals surface area contributed by atoms with Gasteiger partial charge in [-0.15, -0.1) is 11.8 Å². The van der Waals surface area contributed by atoms with E-state index in [1.165, 1.54) is 0 Å². The molecule has 2 unspecified atom stereocenters. The molecule has 0 amide bonds. The third-order valence-electron chi connectivity index (χ3n) is 2.92. The van der Waals surface area contributed by atoms with Crippen molar-refractivity contribution in [1.82, 2.24) is 9.97 Å². The van der Waals surface area contributed by atoms with Crippen molar-refractivity contribution < 1.29 is 4.74 Å². The molecular weight excluding hydrogens is 312 g/mol. The molecule has 0 spiro atoms. The van der Waals surface area contributed by atoms with E-state index in [1.807, 2.05) is 6.07 Å². The number of halogens is 1. The van der Waals surface area contributed by atoms with Gasteiger partial charge in [-0.05, 0) is 29.3 Å². The Hall–Kier alpha value is -0.130. The summed E-state index contributed by atoms with van der Waals surface area (Å²) in [6, 6.07) is 1.99. The molecule has 0 radical (unpaired) electrons. The molecule has 100 valence electrons. The van der Waals surface area contributed by atoms with Gasteiger partial charge in [-0.2, -0.15) is 0 Å². The van der Waals surface area contributed by atoms with E-state index in [9.17, 15) is 0 Å². The average molecular weight is 331 g/mol. The van der Waals surface area contributed by atoms with Crippen LogP contribution in [0.25, 0.3) is 0 Å². The predicted octanol–water partition coefficient (Wildman–Crippen LogP) is 3.81. The Morgan fingerprint density at radius 2 is 2.11 bits per heavy atom. The maximum absolute atomic E-state index is 5.59. The van der Waals surface area contributed by atoms with Crippen LogP contribution in [0.2, 0.25) is 0 Å². The monoisotopic (exact) mass is 330 g/mol. The van der Waals surface area contributed by atoms with Crippen molar-refractivity contribution in [1.29, 1.82) is 0 Å².